The molecule has 0 radical (unpaired) electrons. The maximum absolute atomic E-state index is 4.61. The van der Waals surface area contributed by atoms with Gasteiger partial charge in [-0.2, -0.15) is 0 Å². The molecule has 0 bridgehead atoms. The number of rotatable bonds is 4. The van der Waals surface area contributed by atoms with Crippen LogP contribution in [0.1, 0.15) is 25.6 Å². The average Bonchev–Trinajstić information content (AvgIpc) is 2.63. The normalized spacial score (nSPS) is 10.7. The first kappa shape index (κ1) is 9.97. The van der Waals surface area contributed by atoms with Crippen LogP contribution in [0.25, 0.3) is 17.2 Å². The number of para-hydroxylation sites is 2. The minimum atomic E-state index is 1.02. The summed E-state index contributed by atoms with van der Waals surface area (Å²) in [6.45, 7) is 6.04. The van der Waals surface area contributed by atoms with Gasteiger partial charge < -0.3 is 4.57 Å². The summed E-state index contributed by atoms with van der Waals surface area (Å²) in [6, 6.07) is 8.18. The molecule has 1 heterocycles. The quantitative estimate of drug-likeness (QED) is 0.738. The standard InChI is InChI=1S/C13H16N2/c1-3-5-10-13-14-11-8-6-7-9-12(11)15(13)4-2/h4,6-9H,2-3,5,10H2,1H3. The van der Waals surface area contributed by atoms with E-state index >= 15 is 0 Å². The predicted molar refractivity (Wildman–Crippen MR) is 64.7 cm³/mol. The summed E-state index contributed by atoms with van der Waals surface area (Å²) in [5.41, 5.74) is 2.21. The van der Waals surface area contributed by atoms with Gasteiger partial charge in [-0.15, -0.1) is 0 Å². The maximum Gasteiger partial charge on any atom is 0.113 e. The highest BCUT2D eigenvalue weighted by Crippen LogP contribution is 2.17. The van der Waals surface area contributed by atoms with Gasteiger partial charge in [0.2, 0.25) is 0 Å². The van der Waals surface area contributed by atoms with Gasteiger partial charge in [-0.3, -0.25) is 0 Å². The fraction of sp³-hybridized carbons (Fsp3) is 0.308. The molecule has 15 heavy (non-hydrogen) atoms. The lowest BCUT2D eigenvalue weighted by Crippen LogP contribution is -1.95. The molecular weight excluding hydrogens is 184 g/mol. The second-order valence-electron chi connectivity index (χ2n) is 3.67. The van der Waals surface area contributed by atoms with E-state index in [2.05, 4.69) is 29.1 Å². The van der Waals surface area contributed by atoms with E-state index in [4.69, 9.17) is 0 Å². The molecule has 0 unspecified atom stereocenters. The van der Waals surface area contributed by atoms with Crippen LogP contribution >= 0.6 is 0 Å². The van der Waals surface area contributed by atoms with Gasteiger partial charge in [-0.25, -0.2) is 4.98 Å². The molecule has 2 aromatic rings. The van der Waals surface area contributed by atoms with Crippen molar-refractivity contribution in [3.05, 3.63) is 36.7 Å². The fourth-order valence-electron chi connectivity index (χ4n) is 1.81. The van der Waals surface area contributed by atoms with Crippen LogP contribution in [0.2, 0.25) is 0 Å². The summed E-state index contributed by atoms with van der Waals surface area (Å²) in [4.78, 5) is 4.61. The summed E-state index contributed by atoms with van der Waals surface area (Å²) >= 11 is 0. The van der Waals surface area contributed by atoms with Crippen LogP contribution < -0.4 is 0 Å². The van der Waals surface area contributed by atoms with Crippen molar-refractivity contribution in [3.8, 4) is 0 Å². The smallest absolute Gasteiger partial charge is 0.113 e. The number of fused-ring (bicyclic) bond motifs is 1. The molecule has 2 nitrogen and oxygen atoms in total. The Kier molecular flexibility index (Phi) is 2.86. The molecule has 0 spiro atoms. The lowest BCUT2D eigenvalue weighted by atomic mass is 10.2. The van der Waals surface area contributed by atoms with Crippen LogP contribution in [-0.4, -0.2) is 9.55 Å². The molecule has 1 aromatic carbocycles. The van der Waals surface area contributed by atoms with Gasteiger partial charge in [0.05, 0.1) is 11.0 Å². The van der Waals surface area contributed by atoms with Crippen molar-refractivity contribution in [2.45, 2.75) is 26.2 Å². The second kappa shape index (κ2) is 4.30. The van der Waals surface area contributed by atoms with Gasteiger partial charge in [0, 0.05) is 12.6 Å². The number of aromatic nitrogens is 2. The maximum atomic E-state index is 4.61. The largest absolute Gasteiger partial charge is 0.304 e. The molecule has 0 fully saturated rings. The van der Waals surface area contributed by atoms with Gasteiger partial charge in [-0.1, -0.05) is 32.1 Å². The lowest BCUT2D eigenvalue weighted by Gasteiger charge is -2.01. The van der Waals surface area contributed by atoms with Gasteiger partial charge >= 0.3 is 0 Å². The molecule has 2 heteroatoms. The van der Waals surface area contributed by atoms with Crippen LogP contribution in [0.5, 0.6) is 0 Å². The van der Waals surface area contributed by atoms with E-state index in [1.54, 1.807) is 0 Å². The van der Waals surface area contributed by atoms with Crippen LogP contribution in [0, 0.1) is 0 Å². The van der Waals surface area contributed by atoms with Crippen LogP contribution in [0.15, 0.2) is 30.8 Å². The van der Waals surface area contributed by atoms with Gasteiger partial charge in [0.25, 0.3) is 0 Å². The SMILES string of the molecule is C=Cn1c(CCCC)nc2ccccc21. The summed E-state index contributed by atoms with van der Waals surface area (Å²) < 4.78 is 2.09. The Morgan fingerprint density at radius 2 is 2.20 bits per heavy atom. The highest BCUT2D eigenvalue weighted by Gasteiger charge is 2.06. The van der Waals surface area contributed by atoms with Crippen molar-refractivity contribution in [2.75, 3.05) is 0 Å². The molecule has 0 aliphatic rings. The van der Waals surface area contributed by atoms with E-state index in [-0.39, 0.29) is 0 Å². The topological polar surface area (TPSA) is 17.8 Å². The van der Waals surface area contributed by atoms with E-state index < -0.39 is 0 Å². The molecule has 78 valence electrons. The van der Waals surface area contributed by atoms with Crippen molar-refractivity contribution < 1.29 is 0 Å². The molecule has 0 saturated carbocycles. The zero-order valence-corrected chi connectivity index (χ0v) is 9.11. The number of imidazole rings is 1. The zero-order valence-electron chi connectivity index (χ0n) is 9.11. The van der Waals surface area contributed by atoms with E-state index in [1.807, 2.05) is 24.4 Å². The summed E-state index contributed by atoms with van der Waals surface area (Å²) in [6.07, 6.45) is 5.25. The van der Waals surface area contributed by atoms with E-state index in [0.717, 1.165) is 23.3 Å². The number of hydrogen-bond acceptors (Lipinski definition) is 1. The van der Waals surface area contributed by atoms with E-state index in [1.165, 1.54) is 12.8 Å². The number of aryl methyl sites for hydroxylation is 1. The van der Waals surface area contributed by atoms with Crippen molar-refractivity contribution in [3.63, 3.8) is 0 Å². The Morgan fingerprint density at radius 3 is 2.93 bits per heavy atom. The second-order valence-corrected chi connectivity index (χ2v) is 3.67. The highest BCUT2D eigenvalue weighted by atomic mass is 15.1. The molecule has 0 N–H and O–H groups in total. The number of hydrogen-bond donors (Lipinski definition) is 0. The zero-order chi connectivity index (χ0) is 10.7. The minimum Gasteiger partial charge on any atom is -0.304 e. The molecule has 0 saturated heterocycles. The Morgan fingerprint density at radius 1 is 1.40 bits per heavy atom. The lowest BCUT2D eigenvalue weighted by molar-refractivity contribution is 0.751. The Hall–Kier alpha value is -1.57. The van der Waals surface area contributed by atoms with Crippen molar-refractivity contribution in [1.82, 2.24) is 9.55 Å². The third kappa shape index (κ3) is 1.80. The molecule has 2 rings (SSSR count). The third-order valence-electron chi connectivity index (χ3n) is 2.61. The molecule has 0 aliphatic heterocycles. The monoisotopic (exact) mass is 200 g/mol. The summed E-state index contributed by atoms with van der Waals surface area (Å²) in [5.74, 6) is 1.12. The van der Waals surface area contributed by atoms with Gasteiger partial charge in [0.15, 0.2) is 0 Å². The number of nitrogens with zero attached hydrogens (tertiary/aromatic N) is 2. The van der Waals surface area contributed by atoms with Crippen LogP contribution in [0.4, 0.5) is 0 Å². The highest BCUT2D eigenvalue weighted by molar-refractivity contribution is 5.78. The van der Waals surface area contributed by atoms with Crippen molar-refractivity contribution in [2.24, 2.45) is 0 Å². The first-order chi connectivity index (χ1) is 7.36. The number of benzene rings is 1. The van der Waals surface area contributed by atoms with Gasteiger partial charge in [0.1, 0.15) is 5.82 Å². The van der Waals surface area contributed by atoms with E-state index in [9.17, 15) is 0 Å². The fourth-order valence-corrected chi connectivity index (χ4v) is 1.81. The summed E-state index contributed by atoms with van der Waals surface area (Å²) in [5, 5.41) is 0. The van der Waals surface area contributed by atoms with Crippen molar-refractivity contribution >= 4 is 17.2 Å². The first-order valence-electron chi connectivity index (χ1n) is 5.45. The molecule has 0 atom stereocenters. The first-order valence-corrected chi connectivity index (χ1v) is 5.45. The molecule has 0 amide bonds. The van der Waals surface area contributed by atoms with Crippen molar-refractivity contribution in [1.29, 1.82) is 0 Å². The van der Waals surface area contributed by atoms with Crippen LogP contribution in [0.3, 0.4) is 0 Å². The predicted octanol–water partition coefficient (Wildman–Crippen LogP) is 3.48. The molecular formula is C13H16N2. The Bertz CT molecular complexity index is 468. The molecule has 0 aliphatic carbocycles. The average molecular weight is 200 g/mol. The third-order valence-corrected chi connectivity index (χ3v) is 2.61. The van der Waals surface area contributed by atoms with E-state index in [0.29, 0.717) is 0 Å². The Balaban J connectivity index is 2.49. The van der Waals surface area contributed by atoms with Gasteiger partial charge in [-0.05, 0) is 18.6 Å². The summed E-state index contributed by atoms with van der Waals surface area (Å²) in [7, 11) is 0. The number of unbranched alkanes of at least 4 members (excludes halogenated alkanes) is 1. The Labute approximate surface area is 90.3 Å². The van der Waals surface area contributed by atoms with Crippen LogP contribution in [-0.2, 0) is 6.42 Å². The molecule has 1 aromatic heterocycles. The minimum absolute atomic E-state index is 1.02.